The summed E-state index contributed by atoms with van der Waals surface area (Å²) in [7, 11) is 0. The molecule has 1 N–H and O–H groups in total. The molecule has 1 aromatic carbocycles. The van der Waals surface area contributed by atoms with Crippen LogP contribution in [0, 0.1) is 12.8 Å². The number of benzene rings is 1. The lowest BCUT2D eigenvalue weighted by Gasteiger charge is -2.27. The van der Waals surface area contributed by atoms with E-state index in [1.54, 1.807) is 0 Å². The zero-order valence-electron chi connectivity index (χ0n) is 12.4. The van der Waals surface area contributed by atoms with Gasteiger partial charge in [0.2, 0.25) is 0 Å². The van der Waals surface area contributed by atoms with Crippen LogP contribution in [-0.2, 0) is 0 Å². The molecule has 0 fully saturated rings. The van der Waals surface area contributed by atoms with E-state index in [0.717, 1.165) is 6.54 Å². The fourth-order valence-corrected chi connectivity index (χ4v) is 3.51. The summed E-state index contributed by atoms with van der Waals surface area (Å²) in [5, 5.41) is 3.71. The molecule has 3 heteroatoms. The van der Waals surface area contributed by atoms with Crippen LogP contribution in [0.5, 0.6) is 0 Å². The molecule has 0 heterocycles. The van der Waals surface area contributed by atoms with Crippen molar-refractivity contribution in [2.75, 3.05) is 6.54 Å². The minimum atomic E-state index is 0.422. The Morgan fingerprint density at radius 2 is 1.79 bits per heavy atom. The van der Waals surface area contributed by atoms with Crippen LogP contribution in [0.15, 0.2) is 21.1 Å². The predicted octanol–water partition coefficient (Wildman–Crippen LogP) is 6.00. The van der Waals surface area contributed by atoms with Crippen LogP contribution in [0.25, 0.3) is 0 Å². The standard InChI is InChI=1S/C16H25Br2N/c1-5-7-11(3)16(19-8-6-2)13-10-14(17)12(4)9-15(13)18/h9-11,16,19H,5-8H2,1-4H3. The maximum atomic E-state index is 3.73. The van der Waals surface area contributed by atoms with Crippen LogP contribution in [0.1, 0.15) is 57.2 Å². The van der Waals surface area contributed by atoms with E-state index in [4.69, 9.17) is 0 Å². The Labute approximate surface area is 134 Å². The van der Waals surface area contributed by atoms with E-state index >= 15 is 0 Å². The molecule has 0 aliphatic heterocycles. The predicted molar refractivity (Wildman–Crippen MR) is 91.7 cm³/mol. The highest BCUT2D eigenvalue weighted by molar-refractivity contribution is 9.11. The molecule has 108 valence electrons. The second-order valence-electron chi connectivity index (χ2n) is 5.32. The minimum absolute atomic E-state index is 0.422. The number of nitrogens with one attached hydrogen (secondary N) is 1. The molecule has 1 rings (SSSR count). The highest BCUT2D eigenvalue weighted by atomic mass is 79.9. The zero-order valence-corrected chi connectivity index (χ0v) is 15.6. The van der Waals surface area contributed by atoms with E-state index in [2.05, 4.69) is 77.0 Å². The fraction of sp³-hybridized carbons (Fsp3) is 0.625. The van der Waals surface area contributed by atoms with Crippen LogP contribution in [-0.4, -0.2) is 6.54 Å². The third-order valence-corrected chi connectivity index (χ3v) is 5.08. The average Bonchev–Trinajstić information content (AvgIpc) is 2.36. The van der Waals surface area contributed by atoms with Gasteiger partial charge in [0.1, 0.15) is 0 Å². The summed E-state index contributed by atoms with van der Waals surface area (Å²) in [4.78, 5) is 0. The van der Waals surface area contributed by atoms with Crippen molar-refractivity contribution in [2.45, 2.75) is 53.0 Å². The third-order valence-electron chi connectivity index (χ3n) is 3.54. The Balaban J connectivity index is 3.05. The van der Waals surface area contributed by atoms with Gasteiger partial charge >= 0.3 is 0 Å². The molecule has 0 spiro atoms. The third kappa shape index (κ3) is 4.87. The Morgan fingerprint density at radius 1 is 1.11 bits per heavy atom. The summed E-state index contributed by atoms with van der Waals surface area (Å²) in [5.74, 6) is 0.641. The maximum absolute atomic E-state index is 3.73. The highest BCUT2D eigenvalue weighted by Gasteiger charge is 2.21. The first kappa shape index (κ1) is 17.2. The van der Waals surface area contributed by atoms with Gasteiger partial charge in [0.15, 0.2) is 0 Å². The van der Waals surface area contributed by atoms with Crippen molar-refractivity contribution >= 4 is 31.9 Å². The van der Waals surface area contributed by atoms with Gasteiger partial charge in [-0.25, -0.2) is 0 Å². The van der Waals surface area contributed by atoms with Gasteiger partial charge in [-0.3, -0.25) is 0 Å². The van der Waals surface area contributed by atoms with Gasteiger partial charge in [0.05, 0.1) is 0 Å². The smallest absolute Gasteiger partial charge is 0.0357 e. The molecular formula is C16H25Br2N. The average molecular weight is 391 g/mol. The summed E-state index contributed by atoms with van der Waals surface area (Å²) in [6, 6.07) is 4.89. The SMILES string of the molecule is CCCNC(c1cc(Br)c(C)cc1Br)C(C)CCC. The molecule has 0 saturated heterocycles. The molecule has 19 heavy (non-hydrogen) atoms. The summed E-state index contributed by atoms with van der Waals surface area (Å²) in [5.41, 5.74) is 2.64. The summed E-state index contributed by atoms with van der Waals surface area (Å²) < 4.78 is 2.41. The van der Waals surface area contributed by atoms with Crippen LogP contribution >= 0.6 is 31.9 Å². The van der Waals surface area contributed by atoms with Crippen LogP contribution in [0.4, 0.5) is 0 Å². The Hall–Kier alpha value is 0.140. The first-order valence-electron chi connectivity index (χ1n) is 7.20. The van der Waals surface area contributed by atoms with E-state index in [0.29, 0.717) is 12.0 Å². The first-order valence-corrected chi connectivity index (χ1v) is 8.78. The molecule has 1 nitrogen and oxygen atoms in total. The molecule has 2 unspecified atom stereocenters. The Kier molecular flexibility index (Phi) is 7.63. The number of aryl methyl sites for hydroxylation is 1. The van der Waals surface area contributed by atoms with E-state index in [-0.39, 0.29) is 0 Å². The van der Waals surface area contributed by atoms with E-state index < -0.39 is 0 Å². The molecule has 0 aliphatic carbocycles. The molecule has 0 aromatic heterocycles. The molecular weight excluding hydrogens is 366 g/mol. The van der Waals surface area contributed by atoms with Crippen molar-refractivity contribution in [3.05, 3.63) is 32.2 Å². The monoisotopic (exact) mass is 389 g/mol. The summed E-state index contributed by atoms with van der Waals surface area (Å²) in [6.07, 6.45) is 3.65. The highest BCUT2D eigenvalue weighted by Crippen LogP contribution is 2.34. The Morgan fingerprint density at radius 3 is 2.37 bits per heavy atom. The largest absolute Gasteiger partial charge is 0.310 e. The molecule has 2 atom stereocenters. The van der Waals surface area contributed by atoms with Crippen LogP contribution in [0.2, 0.25) is 0 Å². The summed E-state index contributed by atoms with van der Waals surface area (Å²) >= 11 is 7.39. The van der Waals surface area contributed by atoms with Gasteiger partial charge in [-0.15, -0.1) is 0 Å². The number of hydrogen-bond acceptors (Lipinski definition) is 1. The Bertz CT molecular complexity index is 404. The minimum Gasteiger partial charge on any atom is -0.310 e. The van der Waals surface area contributed by atoms with Crippen molar-refractivity contribution in [3.63, 3.8) is 0 Å². The van der Waals surface area contributed by atoms with Gasteiger partial charge < -0.3 is 5.32 Å². The first-order chi connectivity index (χ1) is 9.01. The number of hydrogen-bond donors (Lipinski definition) is 1. The van der Waals surface area contributed by atoms with Gasteiger partial charge in [0, 0.05) is 15.0 Å². The maximum Gasteiger partial charge on any atom is 0.0357 e. The van der Waals surface area contributed by atoms with Crippen molar-refractivity contribution in [1.29, 1.82) is 0 Å². The van der Waals surface area contributed by atoms with E-state index in [9.17, 15) is 0 Å². The molecule has 0 bridgehead atoms. The second-order valence-corrected chi connectivity index (χ2v) is 7.03. The quantitative estimate of drug-likeness (QED) is 0.602. The lowest BCUT2D eigenvalue weighted by molar-refractivity contribution is 0.362. The van der Waals surface area contributed by atoms with Crippen molar-refractivity contribution in [3.8, 4) is 0 Å². The molecule has 0 amide bonds. The van der Waals surface area contributed by atoms with E-state index in [1.165, 1.54) is 39.3 Å². The number of halogens is 2. The van der Waals surface area contributed by atoms with Crippen molar-refractivity contribution < 1.29 is 0 Å². The van der Waals surface area contributed by atoms with Gasteiger partial charge in [-0.05, 0) is 55.5 Å². The topological polar surface area (TPSA) is 12.0 Å². The molecule has 0 radical (unpaired) electrons. The zero-order chi connectivity index (χ0) is 14.4. The molecule has 0 aliphatic rings. The van der Waals surface area contributed by atoms with Crippen molar-refractivity contribution in [1.82, 2.24) is 5.32 Å². The normalized spacial score (nSPS) is 14.4. The molecule has 0 saturated carbocycles. The van der Waals surface area contributed by atoms with Crippen LogP contribution in [0.3, 0.4) is 0 Å². The molecule has 1 aromatic rings. The van der Waals surface area contributed by atoms with Gasteiger partial charge in [0.25, 0.3) is 0 Å². The van der Waals surface area contributed by atoms with Crippen molar-refractivity contribution in [2.24, 2.45) is 5.92 Å². The van der Waals surface area contributed by atoms with Gasteiger partial charge in [-0.2, -0.15) is 0 Å². The number of rotatable bonds is 7. The van der Waals surface area contributed by atoms with E-state index in [1.807, 2.05) is 0 Å². The fourth-order valence-electron chi connectivity index (χ4n) is 2.44. The lowest BCUT2D eigenvalue weighted by atomic mass is 9.90. The second kappa shape index (κ2) is 8.43. The summed E-state index contributed by atoms with van der Waals surface area (Å²) in [6.45, 7) is 10.0. The lowest BCUT2D eigenvalue weighted by Crippen LogP contribution is -2.28. The van der Waals surface area contributed by atoms with Gasteiger partial charge in [-0.1, -0.05) is 59.1 Å². The van der Waals surface area contributed by atoms with Crippen LogP contribution < -0.4 is 5.32 Å².